The minimum absolute atomic E-state index is 0.668. The lowest BCUT2D eigenvalue weighted by molar-refractivity contribution is 0.393. The van der Waals surface area contributed by atoms with E-state index in [1.54, 1.807) is 14.2 Å². The quantitative estimate of drug-likeness (QED) is 0.840. The first-order chi connectivity index (χ1) is 9.62. The van der Waals surface area contributed by atoms with Crippen LogP contribution in [0.5, 0.6) is 11.5 Å². The molecule has 0 saturated heterocycles. The van der Waals surface area contributed by atoms with Crippen molar-refractivity contribution < 1.29 is 9.47 Å². The molecular formula is C15H15BrClNO2. The van der Waals surface area contributed by atoms with Crippen molar-refractivity contribution in [3.05, 3.63) is 51.5 Å². The van der Waals surface area contributed by atoms with Gasteiger partial charge in [0.15, 0.2) is 0 Å². The zero-order valence-electron chi connectivity index (χ0n) is 11.2. The van der Waals surface area contributed by atoms with E-state index < -0.39 is 0 Å². The zero-order valence-corrected chi connectivity index (χ0v) is 13.6. The number of methoxy groups -OCH3 is 2. The average molecular weight is 357 g/mol. The highest BCUT2D eigenvalue weighted by Crippen LogP contribution is 2.27. The number of ether oxygens (including phenoxy) is 2. The minimum atomic E-state index is 0.668. The lowest BCUT2D eigenvalue weighted by atomic mass is 10.2. The molecule has 3 nitrogen and oxygen atoms in total. The first-order valence-corrected chi connectivity index (χ1v) is 7.20. The molecule has 20 heavy (non-hydrogen) atoms. The Morgan fingerprint density at radius 3 is 2.25 bits per heavy atom. The van der Waals surface area contributed by atoms with Gasteiger partial charge in [0.2, 0.25) is 0 Å². The van der Waals surface area contributed by atoms with Gasteiger partial charge in [-0.05, 0) is 51.8 Å². The highest BCUT2D eigenvalue weighted by molar-refractivity contribution is 9.10. The van der Waals surface area contributed by atoms with Crippen LogP contribution in [0.3, 0.4) is 0 Å². The molecule has 0 fully saturated rings. The number of halogens is 2. The first kappa shape index (κ1) is 15.0. The summed E-state index contributed by atoms with van der Waals surface area (Å²) in [6, 6.07) is 11.5. The maximum Gasteiger partial charge on any atom is 0.122 e. The Balaban J connectivity index is 2.11. The molecule has 0 unspecified atom stereocenters. The van der Waals surface area contributed by atoms with E-state index in [1.165, 1.54) is 0 Å². The lowest BCUT2D eigenvalue weighted by Gasteiger charge is -2.11. The van der Waals surface area contributed by atoms with Crippen molar-refractivity contribution in [1.29, 1.82) is 0 Å². The van der Waals surface area contributed by atoms with E-state index in [-0.39, 0.29) is 0 Å². The Labute approximate surface area is 132 Å². The SMILES string of the molecule is COc1cc(CNc2ccc(Cl)c(Br)c2)cc(OC)c1. The molecule has 106 valence electrons. The summed E-state index contributed by atoms with van der Waals surface area (Å²) in [5.41, 5.74) is 2.07. The third kappa shape index (κ3) is 3.81. The fourth-order valence-electron chi connectivity index (χ4n) is 1.78. The summed E-state index contributed by atoms with van der Waals surface area (Å²) in [5.74, 6) is 1.55. The monoisotopic (exact) mass is 355 g/mol. The molecule has 0 amide bonds. The average Bonchev–Trinajstić information content (AvgIpc) is 2.48. The second-order valence-electron chi connectivity index (χ2n) is 4.20. The van der Waals surface area contributed by atoms with Crippen molar-refractivity contribution in [3.8, 4) is 11.5 Å². The molecule has 2 rings (SSSR count). The van der Waals surface area contributed by atoms with Crippen LogP contribution in [0.25, 0.3) is 0 Å². The van der Waals surface area contributed by atoms with E-state index in [1.807, 2.05) is 36.4 Å². The van der Waals surface area contributed by atoms with Gasteiger partial charge in [-0.2, -0.15) is 0 Å². The second kappa shape index (κ2) is 6.86. The van der Waals surface area contributed by atoms with Crippen molar-refractivity contribution in [2.45, 2.75) is 6.54 Å². The van der Waals surface area contributed by atoms with Crippen LogP contribution < -0.4 is 14.8 Å². The van der Waals surface area contributed by atoms with Crippen LogP contribution in [-0.2, 0) is 6.54 Å². The number of nitrogens with one attached hydrogen (secondary N) is 1. The Bertz CT molecular complexity index is 582. The summed E-state index contributed by atoms with van der Waals surface area (Å²) in [4.78, 5) is 0. The Hall–Kier alpha value is -1.39. The van der Waals surface area contributed by atoms with Crippen LogP contribution in [0.2, 0.25) is 5.02 Å². The molecule has 0 radical (unpaired) electrons. The molecule has 0 aliphatic carbocycles. The van der Waals surface area contributed by atoms with Crippen LogP contribution in [0.4, 0.5) is 5.69 Å². The predicted octanol–water partition coefficient (Wildman–Crippen LogP) is 4.73. The minimum Gasteiger partial charge on any atom is -0.497 e. The van der Waals surface area contributed by atoms with Crippen molar-refractivity contribution in [1.82, 2.24) is 0 Å². The third-order valence-electron chi connectivity index (χ3n) is 2.83. The predicted molar refractivity (Wildman–Crippen MR) is 86.0 cm³/mol. The van der Waals surface area contributed by atoms with Crippen molar-refractivity contribution in [2.75, 3.05) is 19.5 Å². The molecule has 0 heterocycles. The van der Waals surface area contributed by atoms with Crippen LogP contribution in [0.15, 0.2) is 40.9 Å². The molecule has 2 aromatic carbocycles. The van der Waals surface area contributed by atoms with Crippen LogP contribution in [0.1, 0.15) is 5.56 Å². The number of benzene rings is 2. The highest BCUT2D eigenvalue weighted by Gasteiger charge is 2.03. The van der Waals surface area contributed by atoms with Gasteiger partial charge in [0, 0.05) is 22.8 Å². The van der Waals surface area contributed by atoms with Gasteiger partial charge in [-0.15, -0.1) is 0 Å². The third-order valence-corrected chi connectivity index (χ3v) is 4.04. The van der Waals surface area contributed by atoms with E-state index in [9.17, 15) is 0 Å². The fraction of sp³-hybridized carbons (Fsp3) is 0.200. The van der Waals surface area contributed by atoms with E-state index in [0.717, 1.165) is 27.2 Å². The summed E-state index contributed by atoms with van der Waals surface area (Å²) < 4.78 is 11.4. The van der Waals surface area contributed by atoms with E-state index >= 15 is 0 Å². The van der Waals surface area contributed by atoms with Gasteiger partial charge in [0.25, 0.3) is 0 Å². The lowest BCUT2D eigenvalue weighted by Crippen LogP contribution is -2.00. The number of hydrogen-bond acceptors (Lipinski definition) is 3. The molecule has 2 aromatic rings. The molecule has 0 saturated carbocycles. The summed E-state index contributed by atoms with van der Waals surface area (Å²) in [6.07, 6.45) is 0. The van der Waals surface area contributed by atoms with Gasteiger partial charge in [-0.1, -0.05) is 11.6 Å². The Morgan fingerprint density at radius 2 is 1.70 bits per heavy atom. The van der Waals surface area contributed by atoms with Gasteiger partial charge >= 0.3 is 0 Å². The Morgan fingerprint density at radius 1 is 1.05 bits per heavy atom. The topological polar surface area (TPSA) is 30.5 Å². The standard InChI is InChI=1S/C15H15BrClNO2/c1-19-12-5-10(6-13(8-12)20-2)9-18-11-3-4-15(17)14(16)7-11/h3-8,18H,9H2,1-2H3. The van der Waals surface area contributed by atoms with Gasteiger partial charge in [0.1, 0.15) is 11.5 Å². The van der Waals surface area contributed by atoms with E-state index in [0.29, 0.717) is 11.6 Å². The summed E-state index contributed by atoms with van der Waals surface area (Å²) >= 11 is 9.38. The van der Waals surface area contributed by atoms with Gasteiger partial charge in [-0.25, -0.2) is 0 Å². The van der Waals surface area contributed by atoms with Crippen LogP contribution in [0, 0.1) is 0 Å². The second-order valence-corrected chi connectivity index (χ2v) is 5.46. The van der Waals surface area contributed by atoms with Gasteiger partial charge < -0.3 is 14.8 Å². The molecule has 0 aromatic heterocycles. The van der Waals surface area contributed by atoms with Gasteiger partial charge in [0.05, 0.1) is 19.2 Å². The summed E-state index contributed by atoms with van der Waals surface area (Å²) in [5, 5.41) is 4.03. The van der Waals surface area contributed by atoms with Crippen molar-refractivity contribution >= 4 is 33.2 Å². The molecule has 0 bridgehead atoms. The molecular weight excluding hydrogens is 342 g/mol. The van der Waals surface area contributed by atoms with Crippen molar-refractivity contribution in [3.63, 3.8) is 0 Å². The van der Waals surface area contributed by atoms with E-state index in [2.05, 4.69) is 21.2 Å². The van der Waals surface area contributed by atoms with Crippen molar-refractivity contribution in [2.24, 2.45) is 0 Å². The van der Waals surface area contributed by atoms with Gasteiger partial charge in [-0.3, -0.25) is 0 Å². The largest absolute Gasteiger partial charge is 0.497 e. The number of anilines is 1. The summed E-state index contributed by atoms with van der Waals surface area (Å²) in [7, 11) is 3.28. The van der Waals surface area contributed by atoms with E-state index in [4.69, 9.17) is 21.1 Å². The fourth-order valence-corrected chi connectivity index (χ4v) is 2.27. The number of hydrogen-bond donors (Lipinski definition) is 1. The molecule has 0 aliphatic rings. The maximum absolute atomic E-state index is 5.97. The zero-order chi connectivity index (χ0) is 14.5. The Kier molecular flexibility index (Phi) is 5.15. The first-order valence-electron chi connectivity index (χ1n) is 6.03. The smallest absolute Gasteiger partial charge is 0.122 e. The van der Waals surface area contributed by atoms with Crippen LogP contribution >= 0.6 is 27.5 Å². The maximum atomic E-state index is 5.97. The number of rotatable bonds is 5. The normalized spacial score (nSPS) is 10.2. The molecule has 0 aliphatic heterocycles. The molecule has 0 atom stereocenters. The summed E-state index contributed by atoms with van der Waals surface area (Å²) in [6.45, 7) is 0.668. The van der Waals surface area contributed by atoms with Crippen LogP contribution in [-0.4, -0.2) is 14.2 Å². The molecule has 1 N–H and O–H groups in total. The highest BCUT2D eigenvalue weighted by atomic mass is 79.9. The molecule has 5 heteroatoms. The molecule has 0 spiro atoms.